The quantitative estimate of drug-likeness (QED) is 0.802. The lowest BCUT2D eigenvalue weighted by Crippen LogP contribution is -2.38. The third kappa shape index (κ3) is 2.89. The molecule has 0 saturated carbocycles. The molecule has 0 atom stereocenters. The van der Waals surface area contributed by atoms with E-state index in [9.17, 15) is 4.79 Å². The van der Waals surface area contributed by atoms with Crippen LogP contribution in [0.2, 0.25) is 0 Å². The van der Waals surface area contributed by atoms with Crippen molar-refractivity contribution >= 4 is 11.6 Å². The Morgan fingerprint density at radius 3 is 3.00 bits per heavy atom. The van der Waals surface area contributed by atoms with Crippen LogP contribution in [0.1, 0.15) is 35.4 Å². The number of rotatable bonds is 3. The van der Waals surface area contributed by atoms with Crippen LogP contribution in [0.25, 0.3) is 0 Å². The maximum absolute atomic E-state index is 12.3. The highest BCUT2D eigenvalue weighted by molar-refractivity contribution is 6.00. The van der Waals surface area contributed by atoms with Crippen LogP contribution in [-0.4, -0.2) is 40.0 Å². The lowest BCUT2D eigenvalue weighted by Gasteiger charge is -2.28. The summed E-state index contributed by atoms with van der Waals surface area (Å²) in [6, 6.07) is 8.22. The minimum atomic E-state index is -0.0632. The summed E-state index contributed by atoms with van der Waals surface area (Å²) in [7, 11) is 0. The van der Waals surface area contributed by atoms with E-state index in [0.717, 1.165) is 31.4 Å². The van der Waals surface area contributed by atoms with E-state index in [-0.39, 0.29) is 12.5 Å². The Hall–Kier alpha value is -2.70. The molecule has 0 fully saturated rings. The molecule has 4 rings (SSSR count). The van der Waals surface area contributed by atoms with Crippen molar-refractivity contribution in [1.82, 2.24) is 15.2 Å². The first-order valence-corrected chi connectivity index (χ1v) is 8.16. The molecule has 0 radical (unpaired) electrons. The maximum atomic E-state index is 12.3. The molecule has 2 aliphatic rings. The number of aryl methyl sites for hydroxylation is 1. The van der Waals surface area contributed by atoms with Crippen molar-refractivity contribution < 1.29 is 14.3 Å². The van der Waals surface area contributed by atoms with Gasteiger partial charge in [-0.05, 0) is 42.0 Å². The van der Waals surface area contributed by atoms with Gasteiger partial charge in [0.25, 0.3) is 5.91 Å². The van der Waals surface area contributed by atoms with E-state index in [1.165, 1.54) is 11.1 Å². The molecule has 24 heavy (non-hydrogen) atoms. The highest BCUT2D eigenvalue weighted by Crippen LogP contribution is 2.19. The Bertz CT molecular complexity index is 784. The maximum Gasteiger partial charge on any atom is 0.263 e. The fourth-order valence-electron chi connectivity index (χ4n) is 3.19. The number of nitrogens with zero attached hydrogens (tertiary/aromatic N) is 4. The molecular formula is C17H18N4O3. The number of aromatic nitrogens is 2. The first kappa shape index (κ1) is 14.9. The van der Waals surface area contributed by atoms with Crippen LogP contribution in [0, 0.1) is 0 Å². The van der Waals surface area contributed by atoms with E-state index in [1.54, 1.807) is 0 Å². The van der Waals surface area contributed by atoms with Crippen LogP contribution in [0.5, 0.6) is 0 Å². The van der Waals surface area contributed by atoms with Gasteiger partial charge in [-0.25, -0.2) is 4.63 Å². The second kappa shape index (κ2) is 6.43. The Morgan fingerprint density at radius 2 is 2.08 bits per heavy atom. The Kier molecular flexibility index (Phi) is 3.98. The monoisotopic (exact) mass is 326 g/mol. The molecule has 2 heterocycles. The number of benzene rings is 1. The molecule has 0 N–H and O–H groups in total. The number of hydrogen-bond acceptors (Lipinski definition) is 6. The number of amides is 1. The van der Waals surface area contributed by atoms with Gasteiger partial charge in [-0.3, -0.25) is 4.79 Å². The minimum absolute atomic E-state index is 0.0526. The van der Waals surface area contributed by atoms with E-state index in [2.05, 4.69) is 27.6 Å². The number of fused-ring (bicyclic) bond motifs is 2. The predicted octanol–water partition coefficient (Wildman–Crippen LogP) is 1.71. The smallest absolute Gasteiger partial charge is 0.263 e. The first-order chi connectivity index (χ1) is 11.8. The van der Waals surface area contributed by atoms with Crippen molar-refractivity contribution in [3.8, 4) is 0 Å². The van der Waals surface area contributed by atoms with E-state index in [0.29, 0.717) is 24.5 Å². The van der Waals surface area contributed by atoms with Gasteiger partial charge in [0.15, 0.2) is 12.3 Å². The molecule has 0 saturated heterocycles. The number of carbonyl (C=O) groups is 1. The van der Waals surface area contributed by atoms with E-state index in [1.807, 2.05) is 17.0 Å². The molecule has 1 aliphatic carbocycles. The van der Waals surface area contributed by atoms with Gasteiger partial charge in [0, 0.05) is 13.1 Å². The zero-order valence-corrected chi connectivity index (χ0v) is 13.3. The molecule has 0 spiro atoms. The molecule has 7 nitrogen and oxygen atoms in total. The van der Waals surface area contributed by atoms with Gasteiger partial charge >= 0.3 is 0 Å². The van der Waals surface area contributed by atoms with Crippen molar-refractivity contribution in [1.29, 1.82) is 0 Å². The topological polar surface area (TPSA) is 80.8 Å². The summed E-state index contributed by atoms with van der Waals surface area (Å²) in [6.07, 6.45) is 3.40. The van der Waals surface area contributed by atoms with Crippen molar-refractivity contribution in [3.05, 3.63) is 46.8 Å². The molecule has 1 aromatic heterocycles. The standard InChI is InChI=1S/C17H18N4O3/c22-16(21-9-8-12-4-1-2-5-13(12)10-21)11-23-18-14-6-3-7-15-17(14)20-24-19-15/h1-2,4-5H,3,6-11H2/b18-14+. The van der Waals surface area contributed by atoms with Crippen LogP contribution in [0.3, 0.4) is 0 Å². The fraction of sp³-hybridized carbons (Fsp3) is 0.412. The molecule has 124 valence electrons. The van der Waals surface area contributed by atoms with E-state index >= 15 is 0 Å². The predicted molar refractivity (Wildman–Crippen MR) is 85.3 cm³/mol. The van der Waals surface area contributed by atoms with Gasteiger partial charge in [-0.1, -0.05) is 34.6 Å². The van der Waals surface area contributed by atoms with Crippen molar-refractivity contribution in [2.24, 2.45) is 5.16 Å². The molecule has 0 unspecified atom stereocenters. The number of hydrogen-bond donors (Lipinski definition) is 0. The van der Waals surface area contributed by atoms with Gasteiger partial charge in [0.1, 0.15) is 11.4 Å². The van der Waals surface area contributed by atoms with Crippen LogP contribution >= 0.6 is 0 Å². The third-order valence-electron chi connectivity index (χ3n) is 4.50. The number of carbonyl (C=O) groups excluding carboxylic acids is 1. The summed E-state index contributed by atoms with van der Waals surface area (Å²) in [5, 5.41) is 11.8. The van der Waals surface area contributed by atoms with Crippen LogP contribution in [0.15, 0.2) is 34.1 Å². The van der Waals surface area contributed by atoms with Gasteiger partial charge < -0.3 is 9.74 Å². The van der Waals surface area contributed by atoms with E-state index in [4.69, 9.17) is 9.47 Å². The lowest BCUT2D eigenvalue weighted by atomic mass is 9.99. The van der Waals surface area contributed by atoms with Crippen LogP contribution in [0.4, 0.5) is 0 Å². The van der Waals surface area contributed by atoms with Crippen LogP contribution < -0.4 is 0 Å². The molecular weight excluding hydrogens is 308 g/mol. The summed E-state index contributed by atoms with van der Waals surface area (Å²) in [6.45, 7) is 1.28. The summed E-state index contributed by atoms with van der Waals surface area (Å²) in [4.78, 5) is 19.4. The number of oxime groups is 1. The molecule has 0 bridgehead atoms. The molecule has 1 aromatic carbocycles. The second-order valence-electron chi connectivity index (χ2n) is 6.06. The molecule has 2 aromatic rings. The average molecular weight is 326 g/mol. The highest BCUT2D eigenvalue weighted by Gasteiger charge is 2.23. The largest absolute Gasteiger partial charge is 0.385 e. The molecule has 1 aliphatic heterocycles. The van der Waals surface area contributed by atoms with E-state index < -0.39 is 0 Å². The van der Waals surface area contributed by atoms with Crippen LogP contribution in [-0.2, 0) is 29.0 Å². The Morgan fingerprint density at radius 1 is 1.21 bits per heavy atom. The molecule has 7 heteroatoms. The van der Waals surface area contributed by atoms with Gasteiger partial charge in [-0.2, -0.15) is 0 Å². The van der Waals surface area contributed by atoms with Gasteiger partial charge in [-0.15, -0.1) is 0 Å². The fourth-order valence-corrected chi connectivity index (χ4v) is 3.19. The Balaban J connectivity index is 1.36. The third-order valence-corrected chi connectivity index (χ3v) is 4.50. The molecule has 1 amide bonds. The summed E-state index contributed by atoms with van der Waals surface area (Å²) >= 11 is 0. The summed E-state index contributed by atoms with van der Waals surface area (Å²) in [5.41, 5.74) is 4.68. The lowest BCUT2D eigenvalue weighted by molar-refractivity contribution is -0.137. The van der Waals surface area contributed by atoms with Gasteiger partial charge in [0.05, 0.1) is 0 Å². The minimum Gasteiger partial charge on any atom is -0.385 e. The van der Waals surface area contributed by atoms with Gasteiger partial charge in [0.2, 0.25) is 0 Å². The highest BCUT2D eigenvalue weighted by atomic mass is 16.6. The Labute approximate surface area is 139 Å². The second-order valence-corrected chi connectivity index (χ2v) is 6.06. The zero-order chi connectivity index (χ0) is 16.4. The SMILES string of the molecule is O=C(CO/N=C1\CCCc2nonc21)N1CCc2ccccc2C1. The average Bonchev–Trinajstić information content (AvgIpc) is 3.11. The normalized spacial score (nSPS) is 18.2. The first-order valence-electron chi connectivity index (χ1n) is 8.16. The summed E-state index contributed by atoms with van der Waals surface area (Å²) in [5.74, 6) is -0.0526. The van der Waals surface area contributed by atoms with Crippen molar-refractivity contribution in [2.45, 2.75) is 32.2 Å². The zero-order valence-electron chi connectivity index (χ0n) is 13.3. The summed E-state index contributed by atoms with van der Waals surface area (Å²) < 4.78 is 4.74. The van der Waals surface area contributed by atoms with Crippen molar-refractivity contribution in [2.75, 3.05) is 13.2 Å². The van der Waals surface area contributed by atoms with Crippen molar-refractivity contribution in [3.63, 3.8) is 0 Å².